The lowest BCUT2D eigenvalue weighted by Gasteiger charge is -2.31. The minimum atomic E-state index is -1.12. The van der Waals surface area contributed by atoms with Crippen LogP contribution in [0.2, 0.25) is 0 Å². The molecule has 0 aromatic carbocycles. The fourth-order valence-electron chi connectivity index (χ4n) is 2.93. The quantitative estimate of drug-likeness (QED) is 0.779. The molecule has 0 radical (unpaired) electrons. The van der Waals surface area contributed by atoms with Gasteiger partial charge in [-0.05, 0) is 44.9 Å². The summed E-state index contributed by atoms with van der Waals surface area (Å²) in [7, 11) is 0. The molecule has 4 nitrogen and oxygen atoms in total. The lowest BCUT2D eigenvalue weighted by atomic mass is 9.80. The minimum Gasteiger partial charge on any atom is -0.480 e. The second-order valence-corrected chi connectivity index (χ2v) is 6.00. The van der Waals surface area contributed by atoms with Crippen molar-refractivity contribution in [1.29, 1.82) is 0 Å². The predicted octanol–water partition coefficient (Wildman–Crippen LogP) is 2.96. The van der Waals surface area contributed by atoms with E-state index in [2.05, 4.69) is 12.2 Å². The van der Waals surface area contributed by atoms with Crippen LogP contribution < -0.4 is 5.32 Å². The summed E-state index contributed by atoms with van der Waals surface area (Å²) in [6.07, 6.45) is 6.36. The first-order valence-corrected chi connectivity index (χ1v) is 7.48. The van der Waals surface area contributed by atoms with Crippen molar-refractivity contribution in [1.82, 2.24) is 5.32 Å². The largest absolute Gasteiger partial charge is 0.480 e. The van der Waals surface area contributed by atoms with Gasteiger partial charge in [0, 0.05) is 5.92 Å². The van der Waals surface area contributed by atoms with Gasteiger partial charge in [-0.25, -0.2) is 4.79 Å². The summed E-state index contributed by atoms with van der Waals surface area (Å²) < 4.78 is 0. The average Bonchev–Trinajstić information content (AvgIpc) is 2.38. The normalized spacial score (nSPS) is 26.5. The molecule has 4 heteroatoms. The van der Waals surface area contributed by atoms with Crippen LogP contribution in [0.15, 0.2) is 0 Å². The number of hydrogen-bond acceptors (Lipinski definition) is 2. The maximum Gasteiger partial charge on any atom is 0.329 e. The molecule has 1 aliphatic carbocycles. The van der Waals surface area contributed by atoms with Gasteiger partial charge in [0.25, 0.3) is 0 Å². The number of nitrogens with one attached hydrogen (secondary N) is 1. The molecule has 0 aliphatic heterocycles. The topological polar surface area (TPSA) is 66.4 Å². The van der Waals surface area contributed by atoms with Gasteiger partial charge >= 0.3 is 5.97 Å². The van der Waals surface area contributed by atoms with Gasteiger partial charge in [0.2, 0.25) is 5.91 Å². The van der Waals surface area contributed by atoms with E-state index in [4.69, 9.17) is 0 Å². The molecular formula is C15H27NO3. The number of aliphatic carboxylic acids is 1. The zero-order chi connectivity index (χ0) is 14.5. The highest BCUT2D eigenvalue weighted by atomic mass is 16.4. The fraction of sp³-hybridized carbons (Fsp3) is 0.867. The predicted molar refractivity (Wildman–Crippen MR) is 74.8 cm³/mol. The van der Waals surface area contributed by atoms with Crippen LogP contribution in [-0.2, 0) is 9.59 Å². The van der Waals surface area contributed by atoms with Crippen molar-refractivity contribution in [3.05, 3.63) is 0 Å². The molecule has 110 valence electrons. The Kier molecular flexibility index (Phi) is 5.83. The SMILES string of the molecule is CCCC(C)(NC(=O)C1CCC(CC)CC1)C(=O)O. The summed E-state index contributed by atoms with van der Waals surface area (Å²) in [6, 6.07) is 0. The molecule has 2 N–H and O–H groups in total. The molecule has 1 atom stereocenters. The van der Waals surface area contributed by atoms with Crippen LogP contribution in [0.1, 0.15) is 65.7 Å². The molecule has 0 spiro atoms. The minimum absolute atomic E-state index is 0.00155. The number of carbonyl (C=O) groups is 2. The Bertz CT molecular complexity index is 321. The van der Waals surface area contributed by atoms with Crippen LogP contribution in [0.3, 0.4) is 0 Å². The van der Waals surface area contributed by atoms with Crippen LogP contribution in [0.25, 0.3) is 0 Å². The van der Waals surface area contributed by atoms with Crippen LogP contribution in [-0.4, -0.2) is 22.5 Å². The molecule has 1 fully saturated rings. The summed E-state index contributed by atoms with van der Waals surface area (Å²) in [5.41, 5.74) is -1.12. The van der Waals surface area contributed by atoms with Crippen LogP contribution in [0.4, 0.5) is 0 Å². The molecule has 0 heterocycles. The number of carbonyl (C=O) groups excluding carboxylic acids is 1. The summed E-state index contributed by atoms with van der Waals surface area (Å²) in [6.45, 7) is 5.72. The van der Waals surface area contributed by atoms with E-state index in [1.807, 2.05) is 6.92 Å². The molecule has 0 aromatic heterocycles. The molecule has 0 bridgehead atoms. The van der Waals surface area contributed by atoms with E-state index in [9.17, 15) is 14.7 Å². The van der Waals surface area contributed by atoms with Crippen LogP contribution >= 0.6 is 0 Å². The van der Waals surface area contributed by atoms with Gasteiger partial charge in [-0.3, -0.25) is 4.79 Å². The molecule has 1 aliphatic rings. The second-order valence-electron chi connectivity index (χ2n) is 6.00. The molecule has 1 saturated carbocycles. The first-order valence-electron chi connectivity index (χ1n) is 7.48. The van der Waals surface area contributed by atoms with Gasteiger partial charge in [-0.1, -0.05) is 26.7 Å². The Labute approximate surface area is 116 Å². The van der Waals surface area contributed by atoms with Gasteiger partial charge in [0.15, 0.2) is 0 Å². The number of carboxylic acids is 1. The van der Waals surface area contributed by atoms with E-state index in [0.29, 0.717) is 6.42 Å². The monoisotopic (exact) mass is 269 g/mol. The first kappa shape index (κ1) is 16.0. The first-order chi connectivity index (χ1) is 8.92. The van der Waals surface area contributed by atoms with E-state index in [1.165, 1.54) is 6.42 Å². The van der Waals surface area contributed by atoms with Crippen molar-refractivity contribution in [3.8, 4) is 0 Å². The van der Waals surface area contributed by atoms with Crippen molar-refractivity contribution < 1.29 is 14.7 Å². The zero-order valence-corrected chi connectivity index (χ0v) is 12.4. The molecular weight excluding hydrogens is 242 g/mol. The third-order valence-corrected chi connectivity index (χ3v) is 4.42. The summed E-state index contributed by atoms with van der Waals surface area (Å²) in [5, 5.41) is 12.0. The Morgan fingerprint density at radius 3 is 2.21 bits per heavy atom. The van der Waals surface area contributed by atoms with Crippen molar-refractivity contribution in [2.75, 3.05) is 0 Å². The summed E-state index contributed by atoms with van der Waals surface area (Å²) in [4.78, 5) is 23.5. The Balaban J connectivity index is 2.56. The second kappa shape index (κ2) is 6.92. The third kappa shape index (κ3) is 4.22. The van der Waals surface area contributed by atoms with E-state index < -0.39 is 11.5 Å². The molecule has 0 aromatic rings. The Morgan fingerprint density at radius 2 is 1.79 bits per heavy atom. The molecule has 1 amide bonds. The lowest BCUT2D eigenvalue weighted by Crippen LogP contribution is -2.54. The summed E-state index contributed by atoms with van der Waals surface area (Å²) >= 11 is 0. The maximum absolute atomic E-state index is 12.2. The van der Waals surface area contributed by atoms with Crippen molar-refractivity contribution in [2.45, 2.75) is 71.3 Å². The number of amides is 1. The third-order valence-electron chi connectivity index (χ3n) is 4.42. The van der Waals surface area contributed by atoms with Crippen molar-refractivity contribution in [2.24, 2.45) is 11.8 Å². The van der Waals surface area contributed by atoms with Crippen LogP contribution in [0, 0.1) is 11.8 Å². The van der Waals surface area contributed by atoms with E-state index in [1.54, 1.807) is 6.92 Å². The molecule has 0 saturated heterocycles. The number of rotatable bonds is 6. The standard InChI is InChI=1S/C15H27NO3/c1-4-10-15(3,14(18)19)16-13(17)12-8-6-11(5-2)7-9-12/h11-12H,4-10H2,1-3H3,(H,16,17)(H,18,19). The van der Waals surface area contributed by atoms with Crippen molar-refractivity contribution in [3.63, 3.8) is 0 Å². The highest BCUT2D eigenvalue weighted by molar-refractivity contribution is 5.87. The average molecular weight is 269 g/mol. The molecule has 1 unspecified atom stereocenters. The molecule has 1 rings (SSSR count). The van der Waals surface area contributed by atoms with Gasteiger partial charge in [0.05, 0.1) is 0 Å². The Hall–Kier alpha value is -1.06. The highest BCUT2D eigenvalue weighted by Gasteiger charge is 2.36. The van der Waals surface area contributed by atoms with Crippen molar-refractivity contribution >= 4 is 11.9 Å². The lowest BCUT2D eigenvalue weighted by molar-refractivity contribution is -0.148. The Morgan fingerprint density at radius 1 is 1.21 bits per heavy atom. The van der Waals surface area contributed by atoms with E-state index >= 15 is 0 Å². The van der Waals surface area contributed by atoms with Gasteiger partial charge < -0.3 is 10.4 Å². The highest BCUT2D eigenvalue weighted by Crippen LogP contribution is 2.31. The van der Waals surface area contributed by atoms with E-state index in [-0.39, 0.29) is 11.8 Å². The van der Waals surface area contributed by atoms with Gasteiger partial charge in [-0.15, -0.1) is 0 Å². The number of carboxylic acid groups (broad SMARTS) is 1. The van der Waals surface area contributed by atoms with E-state index in [0.717, 1.165) is 38.0 Å². The molecule has 19 heavy (non-hydrogen) atoms. The fourth-order valence-corrected chi connectivity index (χ4v) is 2.93. The van der Waals surface area contributed by atoms with Crippen LogP contribution in [0.5, 0.6) is 0 Å². The van der Waals surface area contributed by atoms with Gasteiger partial charge in [0.1, 0.15) is 5.54 Å². The number of hydrogen-bond donors (Lipinski definition) is 2. The van der Waals surface area contributed by atoms with Gasteiger partial charge in [-0.2, -0.15) is 0 Å². The zero-order valence-electron chi connectivity index (χ0n) is 12.4. The summed E-state index contributed by atoms with van der Waals surface area (Å²) in [5.74, 6) is -0.276. The maximum atomic E-state index is 12.2. The smallest absolute Gasteiger partial charge is 0.329 e.